The van der Waals surface area contributed by atoms with E-state index in [1.165, 1.54) is 37.4 Å². The second kappa shape index (κ2) is 5.18. The first-order valence-electron chi connectivity index (χ1n) is 5.67. The molecule has 19 heavy (non-hydrogen) atoms. The van der Waals surface area contributed by atoms with E-state index in [-0.39, 0.29) is 11.1 Å². The second-order valence-corrected chi connectivity index (χ2v) is 4.14. The minimum atomic E-state index is -0.661. The molecule has 0 aliphatic carbocycles. The third kappa shape index (κ3) is 2.62. The number of benzene rings is 2. The van der Waals surface area contributed by atoms with Gasteiger partial charge in [-0.1, -0.05) is 0 Å². The zero-order valence-electron chi connectivity index (χ0n) is 10.5. The van der Waals surface area contributed by atoms with Crippen LogP contribution in [-0.4, -0.2) is 12.9 Å². The number of ketones is 1. The van der Waals surface area contributed by atoms with Gasteiger partial charge < -0.3 is 4.74 Å². The number of ether oxygens (including phenoxy) is 1. The molecule has 4 heteroatoms. The van der Waals surface area contributed by atoms with Crippen molar-refractivity contribution in [3.05, 3.63) is 64.7 Å². The number of carbonyl (C=O) groups is 1. The van der Waals surface area contributed by atoms with E-state index in [9.17, 15) is 13.6 Å². The van der Waals surface area contributed by atoms with E-state index in [0.29, 0.717) is 11.3 Å². The van der Waals surface area contributed by atoms with E-state index in [1.54, 1.807) is 6.92 Å². The Hall–Kier alpha value is -2.23. The van der Waals surface area contributed by atoms with Crippen molar-refractivity contribution in [1.29, 1.82) is 0 Å². The molecule has 0 aromatic heterocycles. The van der Waals surface area contributed by atoms with E-state index >= 15 is 0 Å². The zero-order chi connectivity index (χ0) is 14.0. The number of hydrogen-bond donors (Lipinski definition) is 0. The van der Waals surface area contributed by atoms with Gasteiger partial charge in [0.2, 0.25) is 0 Å². The Morgan fingerprint density at radius 3 is 2.37 bits per heavy atom. The highest BCUT2D eigenvalue weighted by molar-refractivity contribution is 6.09. The van der Waals surface area contributed by atoms with Crippen LogP contribution >= 0.6 is 0 Å². The van der Waals surface area contributed by atoms with Crippen molar-refractivity contribution in [2.24, 2.45) is 0 Å². The molecular weight excluding hydrogens is 250 g/mol. The van der Waals surface area contributed by atoms with Gasteiger partial charge in [-0.05, 0) is 42.8 Å². The molecule has 98 valence electrons. The second-order valence-electron chi connectivity index (χ2n) is 4.14. The highest BCUT2D eigenvalue weighted by Crippen LogP contribution is 2.20. The summed E-state index contributed by atoms with van der Waals surface area (Å²) >= 11 is 0. The van der Waals surface area contributed by atoms with Gasteiger partial charge in [0, 0.05) is 11.6 Å². The summed E-state index contributed by atoms with van der Waals surface area (Å²) in [6, 6.07) is 7.95. The van der Waals surface area contributed by atoms with Crippen LogP contribution in [-0.2, 0) is 0 Å². The van der Waals surface area contributed by atoms with Gasteiger partial charge in [0.15, 0.2) is 5.78 Å². The van der Waals surface area contributed by atoms with Crippen LogP contribution in [0.3, 0.4) is 0 Å². The van der Waals surface area contributed by atoms with Crippen molar-refractivity contribution in [2.45, 2.75) is 6.92 Å². The van der Waals surface area contributed by atoms with Crippen LogP contribution in [0.4, 0.5) is 8.78 Å². The summed E-state index contributed by atoms with van der Waals surface area (Å²) in [6.45, 7) is 1.55. The van der Waals surface area contributed by atoms with E-state index in [0.717, 1.165) is 6.07 Å². The summed E-state index contributed by atoms with van der Waals surface area (Å²) in [5, 5.41) is 0. The molecule has 0 amide bonds. The van der Waals surface area contributed by atoms with Crippen LogP contribution in [0.5, 0.6) is 5.75 Å². The van der Waals surface area contributed by atoms with Gasteiger partial charge in [-0.15, -0.1) is 0 Å². The maximum atomic E-state index is 13.8. The summed E-state index contributed by atoms with van der Waals surface area (Å²) < 4.78 is 31.8. The van der Waals surface area contributed by atoms with Crippen LogP contribution in [0.25, 0.3) is 0 Å². The third-order valence-corrected chi connectivity index (χ3v) is 2.84. The minimum absolute atomic E-state index is 0.0631. The SMILES string of the molecule is COc1ccc(C(=O)c2ccc(F)c(C)c2)c(F)c1. The van der Waals surface area contributed by atoms with Gasteiger partial charge in [0.25, 0.3) is 0 Å². The van der Waals surface area contributed by atoms with Gasteiger partial charge in [-0.3, -0.25) is 4.79 Å². The van der Waals surface area contributed by atoms with Crippen molar-refractivity contribution < 1.29 is 18.3 Å². The predicted octanol–water partition coefficient (Wildman–Crippen LogP) is 3.51. The normalized spacial score (nSPS) is 10.3. The summed E-state index contributed by atoms with van der Waals surface area (Å²) in [7, 11) is 1.42. The van der Waals surface area contributed by atoms with Gasteiger partial charge in [-0.25, -0.2) is 8.78 Å². The maximum Gasteiger partial charge on any atom is 0.195 e. The number of halogens is 2. The number of methoxy groups -OCH3 is 1. The highest BCUT2D eigenvalue weighted by atomic mass is 19.1. The van der Waals surface area contributed by atoms with Crippen molar-refractivity contribution in [1.82, 2.24) is 0 Å². The van der Waals surface area contributed by atoms with Gasteiger partial charge in [0.1, 0.15) is 17.4 Å². The van der Waals surface area contributed by atoms with Crippen LogP contribution in [0.2, 0.25) is 0 Å². The fraction of sp³-hybridized carbons (Fsp3) is 0.133. The van der Waals surface area contributed by atoms with Crippen LogP contribution < -0.4 is 4.74 Å². The fourth-order valence-corrected chi connectivity index (χ4v) is 1.75. The van der Waals surface area contributed by atoms with Gasteiger partial charge in [0.05, 0.1) is 12.7 Å². The number of aryl methyl sites for hydroxylation is 1. The Labute approximate surface area is 109 Å². The number of rotatable bonds is 3. The summed E-state index contributed by atoms with van der Waals surface area (Å²) in [5.74, 6) is -1.20. The molecule has 2 aromatic carbocycles. The first-order chi connectivity index (χ1) is 9.02. The van der Waals surface area contributed by atoms with Crippen LogP contribution in [0, 0.1) is 18.6 Å². The lowest BCUT2D eigenvalue weighted by molar-refractivity contribution is 0.103. The molecule has 0 radical (unpaired) electrons. The van der Waals surface area contributed by atoms with Crippen molar-refractivity contribution >= 4 is 5.78 Å². The largest absolute Gasteiger partial charge is 0.497 e. The van der Waals surface area contributed by atoms with E-state index in [1.807, 2.05) is 0 Å². The molecule has 0 bridgehead atoms. The lowest BCUT2D eigenvalue weighted by Crippen LogP contribution is -2.05. The van der Waals surface area contributed by atoms with Crippen molar-refractivity contribution in [3.63, 3.8) is 0 Å². The number of carbonyl (C=O) groups excluding carboxylic acids is 1. The van der Waals surface area contributed by atoms with Gasteiger partial charge in [-0.2, -0.15) is 0 Å². The molecule has 2 rings (SSSR count). The van der Waals surface area contributed by atoms with Crippen molar-refractivity contribution in [3.8, 4) is 5.75 Å². The zero-order valence-corrected chi connectivity index (χ0v) is 10.5. The summed E-state index contributed by atoms with van der Waals surface area (Å²) in [5.41, 5.74) is 0.537. The molecule has 0 N–H and O–H groups in total. The molecule has 0 spiro atoms. The Bertz CT molecular complexity index is 636. The van der Waals surface area contributed by atoms with Gasteiger partial charge >= 0.3 is 0 Å². The first kappa shape index (κ1) is 13.2. The molecule has 0 unspecified atom stereocenters. The van der Waals surface area contributed by atoms with E-state index in [2.05, 4.69) is 0 Å². The third-order valence-electron chi connectivity index (χ3n) is 2.84. The minimum Gasteiger partial charge on any atom is -0.497 e. The molecule has 0 heterocycles. The van der Waals surface area contributed by atoms with Crippen LogP contribution in [0.15, 0.2) is 36.4 Å². The fourth-order valence-electron chi connectivity index (χ4n) is 1.75. The molecule has 0 fully saturated rings. The lowest BCUT2D eigenvalue weighted by atomic mass is 10.0. The molecule has 0 aliphatic heterocycles. The Morgan fingerprint density at radius 1 is 1.05 bits per heavy atom. The standard InChI is InChI=1S/C15H12F2O2/c1-9-7-10(3-6-13(9)16)15(18)12-5-4-11(19-2)8-14(12)17/h3-8H,1-2H3. The topological polar surface area (TPSA) is 26.3 Å². The molecular formula is C15H12F2O2. The monoisotopic (exact) mass is 262 g/mol. The molecule has 0 saturated carbocycles. The van der Waals surface area contributed by atoms with Crippen LogP contribution in [0.1, 0.15) is 21.5 Å². The smallest absolute Gasteiger partial charge is 0.195 e. The summed E-state index contributed by atoms with van der Waals surface area (Å²) in [6.07, 6.45) is 0. The molecule has 2 nitrogen and oxygen atoms in total. The molecule has 2 aromatic rings. The molecule has 0 saturated heterocycles. The molecule has 0 atom stereocenters. The number of hydrogen-bond acceptors (Lipinski definition) is 2. The first-order valence-corrected chi connectivity index (χ1v) is 5.67. The van der Waals surface area contributed by atoms with Crippen molar-refractivity contribution in [2.75, 3.05) is 7.11 Å². The Morgan fingerprint density at radius 2 is 1.79 bits per heavy atom. The van der Waals surface area contributed by atoms with E-state index in [4.69, 9.17) is 4.74 Å². The Balaban J connectivity index is 2.41. The lowest BCUT2D eigenvalue weighted by Gasteiger charge is -2.06. The maximum absolute atomic E-state index is 13.8. The predicted molar refractivity (Wildman–Crippen MR) is 67.5 cm³/mol. The highest BCUT2D eigenvalue weighted by Gasteiger charge is 2.15. The quantitative estimate of drug-likeness (QED) is 0.791. The average molecular weight is 262 g/mol. The average Bonchev–Trinajstić information content (AvgIpc) is 2.41. The molecule has 0 aliphatic rings. The Kier molecular flexibility index (Phi) is 3.60. The van der Waals surface area contributed by atoms with E-state index < -0.39 is 17.4 Å². The summed E-state index contributed by atoms with van der Waals surface area (Å²) in [4.78, 5) is 12.1.